The minimum absolute atomic E-state index is 0.0388. The number of primary amides is 1. The summed E-state index contributed by atoms with van der Waals surface area (Å²) in [4.78, 5) is 26.8. The van der Waals surface area contributed by atoms with Crippen LogP contribution in [0.5, 0.6) is 0 Å². The van der Waals surface area contributed by atoms with Crippen LogP contribution < -0.4 is 11.1 Å². The topological polar surface area (TPSA) is 75.4 Å². The first-order chi connectivity index (χ1) is 13.1. The molecule has 27 heavy (non-hydrogen) atoms. The number of piperidine rings is 1. The Labute approximate surface area is 160 Å². The summed E-state index contributed by atoms with van der Waals surface area (Å²) in [6.45, 7) is 3.08. The van der Waals surface area contributed by atoms with E-state index >= 15 is 0 Å². The molecule has 1 saturated carbocycles. The normalized spacial score (nSPS) is 32.1. The zero-order valence-corrected chi connectivity index (χ0v) is 15.7. The molecule has 0 aromatic heterocycles. The quantitative estimate of drug-likeness (QED) is 0.838. The van der Waals surface area contributed by atoms with E-state index in [2.05, 4.69) is 34.5 Å². The average molecular weight is 365 g/mol. The minimum Gasteiger partial charge on any atom is -0.369 e. The fraction of sp³-hybridized carbons (Fsp3) is 0.545. The van der Waals surface area contributed by atoms with Gasteiger partial charge in [0.2, 0.25) is 11.8 Å². The van der Waals surface area contributed by atoms with Crippen molar-refractivity contribution in [2.75, 3.05) is 26.2 Å². The molecular formula is C22H27N3O2. The first kappa shape index (κ1) is 17.0. The molecule has 3 N–H and O–H groups in total. The Morgan fingerprint density at radius 2 is 2.00 bits per heavy atom. The van der Waals surface area contributed by atoms with Gasteiger partial charge in [-0.05, 0) is 59.8 Å². The van der Waals surface area contributed by atoms with Crippen LogP contribution in [-0.4, -0.2) is 42.9 Å². The van der Waals surface area contributed by atoms with Gasteiger partial charge in [0.1, 0.15) is 0 Å². The summed E-state index contributed by atoms with van der Waals surface area (Å²) in [5.41, 5.74) is 11.2. The molecule has 3 unspecified atom stereocenters. The van der Waals surface area contributed by atoms with Gasteiger partial charge >= 0.3 is 0 Å². The summed E-state index contributed by atoms with van der Waals surface area (Å²) in [6.07, 6.45) is 4.76. The summed E-state index contributed by atoms with van der Waals surface area (Å²) in [5, 5.41) is 3.33. The average Bonchev–Trinajstić information content (AvgIpc) is 3.39. The predicted molar refractivity (Wildman–Crippen MR) is 104 cm³/mol. The number of nitrogens with two attached hydrogens (primary N) is 1. The van der Waals surface area contributed by atoms with Gasteiger partial charge in [0.25, 0.3) is 0 Å². The number of benzene rings is 1. The summed E-state index contributed by atoms with van der Waals surface area (Å²) >= 11 is 0. The molecule has 4 aliphatic rings. The second-order valence-electron chi connectivity index (χ2n) is 8.80. The van der Waals surface area contributed by atoms with Crippen molar-refractivity contribution in [3.8, 4) is 0 Å². The number of rotatable bonds is 2. The molecule has 142 valence electrons. The maximum absolute atomic E-state index is 13.2. The standard InChI is InChI=1S/C22H27N3O2/c23-20(26)16-9-22(13-24-11-16)10-19(22)21(27)25-8-7-18-15(12-25)6-5-14-3-1-2-4-17(14)18/h1-4,16,19,24H,5-13H2,(H2,23,26). The number of nitrogens with one attached hydrogen (secondary N) is 1. The van der Waals surface area contributed by atoms with Crippen LogP contribution >= 0.6 is 0 Å². The van der Waals surface area contributed by atoms with E-state index in [1.807, 2.05) is 0 Å². The maximum atomic E-state index is 13.2. The zero-order chi connectivity index (χ0) is 18.6. The van der Waals surface area contributed by atoms with Crippen molar-refractivity contribution in [1.82, 2.24) is 10.2 Å². The molecule has 2 amide bonds. The van der Waals surface area contributed by atoms with Crippen molar-refractivity contribution in [3.05, 3.63) is 41.0 Å². The van der Waals surface area contributed by atoms with Gasteiger partial charge in [0.15, 0.2) is 0 Å². The first-order valence-electron chi connectivity index (χ1n) is 10.2. The van der Waals surface area contributed by atoms with Gasteiger partial charge in [-0.15, -0.1) is 0 Å². The maximum Gasteiger partial charge on any atom is 0.226 e. The van der Waals surface area contributed by atoms with E-state index in [-0.39, 0.29) is 29.1 Å². The lowest BCUT2D eigenvalue weighted by atomic mass is 9.81. The zero-order valence-electron chi connectivity index (χ0n) is 15.7. The summed E-state index contributed by atoms with van der Waals surface area (Å²) in [7, 11) is 0. The molecule has 2 aliphatic carbocycles. The summed E-state index contributed by atoms with van der Waals surface area (Å²) in [5.74, 6) is -0.0344. The predicted octanol–water partition coefficient (Wildman–Crippen LogP) is 1.72. The van der Waals surface area contributed by atoms with Crippen LogP contribution in [0.3, 0.4) is 0 Å². The number of nitrogens with zero attached hydrogens (tertiary/aromatic N) is 1. The lowest BCUT2D eigenvalue weighted by Gasteiger charge is -2.35. The number of aryl methyl sites for hydroxylation is 1. The van der Waals surface area contributed by atoms with Gasteiger partial charge in [-0.3, -0.25) is 9.59 Å². The van der Waals surface area contributed by atoms with Gasteiger partial charge in [-0.1, -0.05) is 24.3 Å². The number of hydrogen-bond donors (Lipinski definition) is 2. The van der Waals surface area contributed by atoms with Crippen molar-refractivity contribution in [2.24, 2.45) is 23.0 Å². The Morgan fingerprint density at radius 3 is 2.85 bits per heavy atom. The molecule has 1 saturated heterocycles. The molecule has 0 bridgehead atoms. The number of carbonyl (C=O) groups excluding carboxylic acids is 2. The fourth-order valence-electron chi connectivity index (χ4n) is 5.56. The SMILES string of the molecule is NC(=O)C1CNCC2(C1)CC2C(=O)N1CCC2=C(CCc3ccccc32)C1. The molecule has 2 heterocycles. The Morgan fingerprint density at radius 1 is 1.15 bits per heavy atom. The van der Waals surface area contributed by atoms with Crippen molar-refractivity contribution < 1.29 is 9.59 Å². The molecule has 3 atom stereocenters. The van der Waals surface area contributed by atoms with Crippen LogP contribution in [0.1, 0.15) is 36.8 Å². The molecule has 5 heteroatoms. The Balaban J connectivity index is 1.30. The van der Waals surface area contributed by atoms with Crippen LogP contribution in [0.4, 0.5) is 0 Å². The van der Waals surface area contributed by atoms with E-state index in [1.54, 1.807) is 0 Å². The van der Waals surface area contributed by atoms with Gasteiger partial charge in [-0.25, -0.2) is 0 Å². The van der Waals surface area contributed by atoms with Gasteiger partial charge in [0, 0.05) is 32.1 Å². The third kappa shape index (κ3) is 2.80. The lowest BCUT2D eigenvalue weighted by Crippen LogP contribution is -2.46. The van der Waals surface area contributed by atoms with Crippen molar-refractivity contribution in [2.45, 2.75) is 32.1 Å². The lowest BCUT2D eigenvalue weighted by molar-refractivity contribution is -0.134. The monoisotopic (exact) mass is 365 g/mol. The minimum atomic E-state index is -0.242. The van der Waals surface area contributed by atoms with E-state index in [0.717, 1.165) is 51.7 Å². The highest BCUT2D eigenvalue weighted by atomic mass is 16.2. The number of carbonyl (C=O) groups is 2. The second kappa shape index (κ2) is 6.20. The van der Waals surface area contributed by atoms with E-state index in [0.29, 0.717) is 6.54 Å². The Bertz CT molecular complexity index is 846. The molecule has 1 spiro atoms. The number of amides is 2. The molecule has 1 aromatic rings. The van der Waals surface area contributed by atoms with E-state index < -0.39 is 0 Å². The fourth-order valence-corrected chi connectivity index (χ4v) is 5.56. The van der Waals surface area contributed by atoms with E-state index in [9.17, 15) is 9.59 Å². The molecule has 5 nitrogen and oxygen atoms in total. The molecule has 2 fully saturated rings. The van der Waals surface area contributed by atoms with Crippen LogP contribution in [0.15, 0.2) is 29.8 Å². The molecule has 5 rings (SSSR count). The highest BCUT2D eigenvalue weighted by Crippen LogP contribution is 2.58. The highest BCUT2D eigenvalue weighted by molar-refractivity contribution is 5.85. The highest BCUT2D eigenvalue weighted by Gasteiger charge is 2.60. The third-order valence-electron chi connectivity index (χ3n) is 7.20. The molecular weight excluding hydrogens is 338 g/mol. The summed E-state index contributed by atoms with van der Waals surface area (Å²) < 4.78 is 0. The van der Waals surface area contributed by atoms with Crippen molar-refractivity contribution >= 4 is 17.4 Å². The largest absolute Gasteiger partial charge is 0.369 e. The van der Waals surface area contributed by atoms with Gasteiger partial charge in [-0.2, -0.15) is 0 Å². The molecule has 0 radical (unpaired) electrons. The van der Waals surface area contributed by atoms with Crippen LogP contribution in [0, 0.1) is 17.3 Å². The Hall–Kier alpha value is -2.14. The molecule has 2 aliphatic heterocycles. The van der Waals surface area contributed by atoms with Gasteiger partial charge < -0.3 is 16.0 Å². The van der Waals surface area contributed by atoms with Crippen molar-refractivity contribution in [3.63, 3.8) is 0 Å². The first-order valence-corrected chi connectivity index (χ1v) is 10.2. The second-order valence-corrected chi connectivity index (χ2v) is 8.80. The molecule has 1 aromatic carbocycles. The van der Waals surface area contributed by atoms with E-state index in [4.69, 9.17) is 5.73 Å². The van der Waals surface area contributed by atoms with Crippen LogP contribution in [0.25, 0.3) is 5.57 Å². The smallest absolute Gasteiger partial charge is 0.226 e. The number of hydrogen-bond acceptors (Lipinski definition) is 3. The Kier molecular flexibility index (Phi) is 3.90. The van der Waals surface area contributed by atoms with Crippen LogP contribution in [0.2, 0.25) is 0 Å². The van der Waals surface area contributed by atoms with Gasteiger partial charge in [0.05, 0.1) is 5.92 Å². The third-order valence-corrected chi connectivity index (χ3v) is 7.20. The number of fused-ring (bicyclic) bond motifs is 2. The summed E-state index contributed by atoms with van der Waals surface area (Å²) in [6, 6.07) is 8.70. The van der Waals surface area contributed by atoms with Crippen LogP contribution in [-0.2, 0) is 16.0 Å². The van der Waals surface area contributed by atoms with Crippen molar-refractivity contribution in [1.29, 1.82) is 0 Å². The van der Waals surface area contributed by atoms with E-state index in [1.165, 1.54) is 22.3 Å².